The molecule has 6 nitrogen and oxygen atoms in total. The zero-order valence-corrected chi connectivity index (χ0v) is 20.6. The Morgan fingerprint density at radius 2 is 1.66 bits per heavy atom. The first-order valence-corrected chi connectivity index (χ1v) is 11.6. The van der Waals surface area contributed by atoms with Crippen molar-refractivity contribution in [2.45, 2.75) is 25.6 Å². The van der Waals surface area contributed by atoms with Gasteiger partial charge in [-0.15, -0.1) is 0 Å². The number of benzene rings is 3. The maximum Gasteiger partial charge on any atom is 0.149 e. The van der Waals surface area contributed by atoms with Crippen LogP contribution < -0.4 is 14.8 Å². The number of hydrogen-bond donors (Lipinski definition) is 1. The van der Waals surface area contributed by atoms with Gasteiger partial charge in [-0.25, -0.2) is 0 Å². The average Bonchev–Trinajstić information content (AvgIpc) is 2.88. The van der Waals surface area contributed by atoms with Crippen LogP contribution in [-0.4, -0.2) is 43.0 Å². The Balaban J connectivity index is 1.73. The van der Waals surface area contributed by atoms with Gasteiger partial charge in [0.25, 0.3) is 0 Å². The number of Topliss-reactive ketones (excluding diaryl/α,β-unsaturated/α-hetero) is 1. The molecule has 0 aliphatic heterocycles. The van der Waals surface area contributed by atoms with Crippen LogP contribution in [0.3, 0.4) is 0 Å². The monoisotopic (exact) mass is 469 g/mol. The molecular formula is C29H31N3O3. The SMILES string of the molecule is COc1ccc(CN(C)C(C(C)=O)C(Nc2cc(OC)cc3cccnc23)c2ccccc2)cc1. The Hall–Kier alpha value is -3.90. The van der Waals surface area contributed by atoms with Crippen LogP contribution in [0.2, 0.25) is 0 Å². The molecule has 0 spiro atoms. The fraction of sp³-hybridized carbons (Fsp3) is 0.241. The van der Waals surface area contributed by atoms with Crippen LogP contribution in [0.1, 0.15) is 24.1 Å². The molecule has 4 rings (SSSR count). The summed E-state index contributed by atoms with van der Waals surface area (Å²) in [5, 5.41) is 4.62. The third kappa shape index (κ3) is 5.61. The number of anilines is 1. The predicted molar refractivity (Wildman–Crippen MR) is 140 cm³/mol. The molecule has 2 atom stereocenters. The van der Waals surface area contributed by atoms with Crippen LogP contribution in [0, 0.1) is 0 Å². The predicted octanol–water partition coefficient (Wildman–Crippen LogP) is 5.49. The molecule has 0 fully saturated rings. The van der Waals surface area contributed by atoms with E-state index >= 15 is 0 Å². The van der Waals surface area contributed by atoms with Crippen molar-refractivity contribution >= 4 is 22.4 Å². The Morgan fingerprint density at radius 3 is 2.31 bits per heavy atom. The number of methoxy groups -OCH3 is 2. The minimum atomic E-state index is -0.426. The Labute approximate surface area is 206 Å². The van der Waals surface area contributed by atoms with E-state index in [1.807, 2.05) is 85.9 Å². The standard InChI is InChI=1S/C29H31N3O3/c1-20(33)29(32(2)19-21-12-14-24(34-3)15-13-21)28(22-9-6-5-7-10-22)31-26-18-25(35-4)17-23-11-8-16-30-27(23)26/h5-18,28-29,31H,19H2,1-4H3. The maximum atomic E-state index is 13.1. The van der Waals surface area contributed by atoms with Gasteiger partial charge < -0.3 is 14.8 Å². The second-order valence-corrected chi connectivity index (χ2v) is 8.60. The number of hydrogen-bond acceptors (Lipinski definition) is 6. The Morgan fingerprint density at radius 1 is 0.943 bits per heavy atom. The van der Waals surface area contributed by atoms with Gasteiger partial charge >= 0.3 is 0 Å². The number of ketones is 1. The number of likely N-dealkylation sites (N-methyl/N-ethyl adjacent to an activating group) is 1. The lowest BCUT2D eigenvalue weighted by molar-refractivity contribution is -0.122. The van der Waals surface area contributed by atoms with Crippen molar-refractivity contribution in [2.24, 2.45) is 0 Å². The number of rotatable bonds is 10. The molecule has 0 radical (unpaired) electrons. The van der Waals surface area contributed by atoms with Gasteiger partial charge in [-0.05, 0) is 49.4 Å². The lowest BCUT2D eigenvalue weighted by Gasteiger charge is -2.34. The number of aromatic nitrogens is 1. The Bertz CT molecular complexity index is 1280. The van der Waals surface area contributed by atoms with Crippen LogP contribution in [0.15, 0.2) is 85.1 Å². The zero-order valence-electron chi connectivity index (χ0n) is 20.6. The van der Waals surface area contributed by atoms with E-state index in [-0.39, 0.29) is 11.8 Å². The maximum absolute atomic E-state index is 13.1. The van der Waals surface area contributed by atoms with Crippen molar-refractivity contribution in [1.82, 2.24) is 9.88 Å². The topological polar surface area (TPSA) is 63.7 Å². The summed E-state index contributed by atoms with van der Waals surface area (Å²) in [6.45, 7) is 2.26. The summed E-state index contributed by atoms with van der Waals surface area (Å²) < 4.78 is 10.8. The Kier molecular flexibility index (Phi) is 7.63. The van der Waals surface area contributed by atoms with Crippen molar-refractivity contribution < 1.29 is 14.3 Å². The zero-order chi connectivity index (χ0) is 24.8. The van der Waals surface area contributed by atoms with E-state index in [1.54, 1.807) is 27.3 Å². The van der Waals surface area contributed by atoms with Crippen molar-refractivity contribution in [3.05, 3.63) is 96.2 Å². The average molecular weight is 470 g/mol. The van der Waals surface area contributed by atoms with Gasteiger partial charge in [-0.3, -0.25) is 14.7 Å². The molecule has 4 aromatic rings. The number of ether oxygens (including phenoxy) is 2. The smallest absolute Gasteiger partial charge is 0.149 e. The molecular weight excluding hydrogens is 438 g/mol. The number of carbonyl (C=O) groups excluding carboxylic acids is 1. The summed E-state index contributed by atoms with van der Waals surface area (Å²) in [7, 11) is 5.28. The number of carbonyl (C=O) groups is 1. The summed E-state index contributed by atoms with van der Waals surface area (Å²) in [5.41, 5.74) is 3.76. The van der Waals surface area contributed by atoms with Crippen LogP contribution >= 0.6 is 0 Å². The third-order valence-electron chi connectivity index (χ3n) is 6.18. The molecule has 180 valence electrons. The van der Waals surface area contributed by atoms with E-state index in [2.05, 4.69) is 15.2 Å². The van der Waals surface area contributed by atoms with E-state index in [0.717, 1.165) is 39.2 Å². The third-order valence-corrected chi connectivity index (χ3v) is 6.18. The highest BCUT2D eigenvalue weighted by Crippen LogP contribution is 2.33. The van der Waals surface area contributed by atoms with Gasteiger partial charge in [0.05, 0.1) is 37.5 Å². The van der Waals surface area contributed by atoms with Gasteiger partial charge in [-0.1, -0.05) is 48.5 Å². The molecule has 0 aliphatic carbocycles. The molecule has 1 heterocycles. The van der Waals surface area contributed by atoms with Crippen LogP contribution in [0.5, 0.6) is 11.5 Å². The summed E-state index contributed by atoms with van der Waals surface area (Å²) in [6.07, 6.45) is 1.77. The van der Waals surface area contributed by atoms with Crippen molar-refractivity contribution in [3.63, 3.8) is 0 Å². The molecule has 0 saturated heterocycles. The van der Waals surface area contributed by atoms with E-state index in [9.17, 15) is 4.79 Å². The minimum Gasteiger partial charge on any atom is -0.497 e. The van der Waals surface area contributed by atoms with Crippen LogP contribution in [-0.2, 0) is 11.3 Å². The molecule has 3 aromatic carbocycles. The lowest BCUT2D eigenvalue weighted by atomic mass is 9.94. The second-order valence-electron chi connectivity index (χ2n) is 8.60. The fourth-order valence-corrected chi connectivity index (χ4v) is 4.48. The van der Waals surface area contributed by atoms with E-state index in [1.165, 1.54) is 0 Å². The number of fused-ring (bicyclic) bond motifs is 1. The molecule has 0 bridgehead atoms. The van der Waals surface area contributed by atoms with Crippen LogP contribution in [0.25, 0.3) is 10.9 Å². The van der Waals surface area contributed by atoms with Crippen LogP contribution in [0.4, 0.5) is 5.69 Å². The van der Waals surface area contributed by atoms with E-state index < -0.39 is 6.04 Å². The highest BCUT2D eigenvalue weighted by molar-refractivity contribution is 5.92. The molecule has 0 saturated carbocycles. The number of nitrogens with one attached hydrogen (secondary N) is 1. The molecule has 0 aliphatic rings. The summed E-state index contributed by atoms with van der Waals surface area (Å²) >= 11 is 0. The van der Waals surface area contributed by atoms with Gasteiger partial charge in [-0.2, -0.15) is 0 Å². The first-order chi connectivity index (χ1) is 17.0. The molecule has 35 heavy (non-hydrogen) atoms. The first kappa shape index (κ1) is 24.2. The van der Waals surface area contributed by atoms with E-state index in [4.69, 9.17) is 9.47 Å². The van der Waals surface area contributed by atoms with Gasteiger partial charge in [0.2, 0.25) is 0 Å². The van der Waals surface area contributed by atoms with Crippen molar-refractivity contribution in [1.29, 1.82) is 0 Å². The molecule has 0 amide bonds. The number of pyridine rings is 1. The van der Waals surface area contributed by atoms with Gasteiger partial charge in [0.1, 0.15) is 17.3 Å². The number of nitrogens with zero attached hydrogens (tertiary/aromatic N) is 2. The summed E-state index contributed by atoms with van der Waals surface area (Å²) in [4.78, 5) is 19.8. The summed E-state index contributed by atoms with van der Waals surface area (Å²) in [6, 6.07) is 25.1. The normalized spacial score (nSPS) is 12.8. The van der Waals surface area contributed by atoms with E-state index in [0.29, 0.717) is 6.54 Å². The molecule has 1 N–H and O–H groups in total. The van der Waals surface area contributed by atoms with Crippen molar-refractivity contribution in [2.75, 3.05) is 26.6 Å². The first-order valence-electron chi connectivity index (χ1n) is 11.6. The fourth-order valence-electron chi connectivity index (χ4n) is 4.48. The second kappa shape index (κ2) is 11.0. The molecule has 1 aromatic heterocycles. The highest BCUT2D eigenvalue weighted by Gasteiger charge is 2.31. The molecule has 2 unspecified atom stereocenters. The quantitative estimate of drug-likeness (QED) is 0.331. The van der Waals surface area contributed by atoms with Gasteiger partial charge in [0.15, 0.2) is 0 Å². The minimum absolute atomic E-state index is 0.0718. The summed E-state index contributed by atoms with van der Waals surface area (Å²) in [5.74, 6) is 1.61. The lowest BCUT2D eigenvalue weighted by Crippen LogP contribution is -2.44. The largest absolute Gasteiger partial charge is 0.497 e. The highest BCUT2D eigenvalue weighted by atomic mass is 16.5. The van der Waals surface area contributed by atoms with Crippen molar-refractivity contribution in [3.8, 4) is 11.5 Å². The molecule has 6 heteroatoms. The van der Waals surface area contributed by atoms with Gasteiger partial charge in [0, 0.05) is 24.2 Å².